The van der Waals surface area contributed by atoms with E-state index in [1.165, 1.54) is 12.4 Å². The van der Waals surface area contributed by atoms with Gasteiger partial charge in [0.1, 0.15) is 5.82 Å². The molecule has 3 N–H and O–H groups in total. The molecular formula is C26H22N8O. The van der Waals surface area contributed by atoms with Gasteiger partial charge in [-0.05, 0) is 31.2 Å². The van der Waals surface area contributed by atoms with Crippen molar-refractivity contribution in [3.05, 3.63) is 96.0 Å². The molecule has 1 amide bonds. The number of carbonyl (C=O) groups is 1. The Morgan fingerprint density at radius 3 is 2.60 bits per heavy atom. The number of amides is 1. The summed E-state index contributed by atoms with van der Waals surface area (Å²) in [5.74, 6) is 6.74. The van der Waals surface area contributed by atoms with E-state index in [0.717, 1.165) is 27.8 Å². The topological polar surface area (TPSA) is 117 Å². The van der Waals surface area contributed by atoms with E-state index in [4.69, 9.17) is 10.7 Å². The van der Waals surface area contributed by atoms with Crippen LogP contribution in [0.1, 0.15) is 40.4 Å². The van der Waals surface area contributed by atoms with Crippen molar-refractivity contribution in [2.24, 2.45) is 7.05 Å². The number of nitrogens with two attached hydrogens (primary N) is 1. The average Bonchev–Trinajstić information content (AvgIpc) is 3.47. The number of carbonyl (C=O) groups excluding carboxylic acids is 1. The maximum atomic E-state index is 12.9. The van der Waals surface area contributed by atoms with Gasteiger partial charge in [-0.2, -0.15) is 5.10 Å². The fourth-order valence-electron chi connectivity index (χ4n) is 3.85. The molecule has 0 aliphatic rings. The zero-order valence-electron chi connectivity index (χ0n) is 19.2. The first-order valence-electron chi connectivity index (χ1n) is 11.0. The Labute approximate surface area is 201 Å². The fraction of sp³-hybridized carbons (Fsp3) is 0.115. The number of aryl methyl sites for hydroxylation is 1. The van der Waals surface area contributed by atoms with Gasteiger partial charge in [0.2, 0.25) is 0 Å². The number of fused-ring (bicyclic) bond motifs is 1. The van der Waals surface area contributed by atoms with Gasteiger partial charge in [-0.3, -0.25) is 14.0 Å². The Hall–Kier alpha value is -4.97. The van der Waals surface area contributed by atoms with E-state index in [2.05, 4.69) is 32.2 Å². The molecule has 1 atom stereocenters. The number of rotatable bonds is 4. The van der Waals surface area contributed by atoms with Crippen LogP contribution in [-0.2, 0) is 7.05 Å². The molecule has 9 nitrogen and oxygen atoms in total. The molecule has 3 aromatic heterocycles. The first-order chi connectivity index (χ1) is 17.0. The van der Waals surface area contributed by atoms with Crippen molar-refractivity contribution in [2.45, 2.75) is 13.0 Å². The third-order valence-corrected chi connectivity index (χ3v) is 5.44. The summed E-state index contributed by atoms with van der Waals surface area (Å²) in [6.07, 6.45) is 6.46. The van der Waals surface area contributed by atoms with Crippen LogP contribution in [0.2, 0.25) is 0 Å². The van der Waals surface area contributed by atoms with Crippen LogP contribution >= 0.6 is 0 Å². The lowest BCUT2D eigenvalue weighted by Gasteiger charge is -2.17. The van der Waals surface area contributed by atoms with Crippen molar-refractivity contribution in [3.63, 3.8) is 0 Å². The van der Waals surface area contributed by atoms with Gasteiger partial charge in [0.15, 0.2) is 11.5 Å². The second-order valence-corrected chi connectivity index (χ2v) is 7.95. The van der Waals surface area contributed by atoms with E-state index in [9.17, 15) is 4.79 Å². The van der Waals surface area contributed by atoms with Crippen molar-refractivity contribution < 1.29 is 4.79 Å². The molecule has 5 rings (SSSR count). The number of para-hydroxylation sites is 2. The largest absolute Gasteiger partial charge is 0.382 e. The fourth-order valence-corrected chi connectivity index (χ4v) is 3.85. The Kier molecular flexibility index (Phi) is 5.69. The van der Waals surface area contributed by atoms with Gasteiger partial charge < -0.3 is 11.1 Å². The summed E-state index contributed by atoms with van der Waals surface area (Å²) < 4.78 is 3.73. The van der Waals surface area contributed by atoms with E-state index >= 15 is 0 Å². The molecule has 35 heavy (non-hydrogen) atoms. The molecule has 9 heteroatoms. The van der Waals surface area contributed by atoms with Gasteiger partial charge in [0.25, 0.3) is 5.91 Å². The van der Waals surface area contributed by atoms with Gasteiger partial charge in [0, 0.05) is 31.3 Å². The number of benzene rings is 2. The van der Waals surface area contributed by atoms with Crippen LogP contribution in [0.25, 0.3) is 16.7 Å². The molecule has 0 aliphatic heterocycles. The summed E-state index contributed by atoms with van der Waals surface area (Å²) in [4.78, 5) is 25.8. The number of hydrogen-bond acceptors (Lipinski definition) is 6. The molecular weight excluding hydrogens is 440 g/mol. The van der Waals surface area contributed by atoms with Gasteiger partial charge in [0.05, 0.1) is 34.4 Å². The molecule has 5 aromatic rings. The molecule has 3 heterocycles. The summed E-state index contributed by atoms with van der Waals surface area (Å²) in [5, 5.41) is 7.13. The van der Waals surface area contributed by atoms with Gasteiger partial charge in [-0.25, -0.2) is 15.0 Å². The lowest BCUT2D eigenvalue weighted by Crippen LogP contribution is -2.30. The van der Waals surface area contributed by atoms with Crippen LogP contribution in [0, 0.1) is 11.8 Å². The molecule has 2 aromatic carbocycles. The van der Waals surface area contributed by atoms with Gasteiger partial charge in [-0.15, -0.1) is 0 Å². The van der Waals surface area contributed by atoms with Crippen LogP contribution < -0.4 is 11.1 Å². The lowest BCUT2D eigenvalue weighted by atomic mass is 10.1. The van der Waals surface area contributed by atoms with Crippen LogP contribution in [0.3, 0.4) is 0 Å². The van der Waals surface area contributed by atoms with Gasteiger partial charge >= 0.3 is 0 Å². The van der Waals surface area contributed by atoms with Crippen molar-refractivity contribution in [1.82, 2.24) is 34.6 Å². The minimum atomic E-state index is -0.462. The summed E-state index contributed by atoms with van der Waals surface area (Å²) in [7, 11) is 1.85. The van der Waals surface area contributed by atoms with E-state index in [0.29, 0.717) is 5.82 Å². The van der Waals surface area contributed by atoms with Crippen molar-refractivity contribution in [2.75, 3.05) is 5.73 Å². The molecule has 0 bridgehead atoms. The van der Waals surface area contributed by atoms with E-state index in [-0.39, 0.29) is 11.5 Å². The van der Waals surface area contributed by atoms with Crippen LogP contribution in [0.4, 0.5) is 5.82 Å². The Balaban J connectivity index is 1.62. The Morgan fingerprint density at radius 2 is 1.86 bits per heavy atom. The number of imidazole rings is 1. The van der Waals surface area contributed by atoms with Crippen LogP contribution in [-0.4, -0.2) is 35.2 Å². The number of nitrogen functional groups attached to an aromatic ring is 1. The number of aromatic nitrogens is 6. The van der Waals surface area contributed by atoms with Crippen molar-refractivity contribution in [1.29, 1.82) is 0 Å². The lowest BCUT2D eigenvalue weighted by molar-refractivity contribution is 0.0933. The Morgan fingerprint density at radius 1 is 1.06 bits per heavy atom. The third-order valence-electron chi connectivity index (χ3n) is 5.44. The highest BCUT2D eigenvalue weighted by Gasteiger charge is 2.23. The summed E-state index contributed by atoms with van der Waals surface area (Å²) in [6, 6.07) is 15.2. The number of nitrogens with zero attached hydrogens (tertiary/aromatic N) is 6. The van der Waals surface area contributed by atoms with E-state index in [1.807, 2.05) is 73.3 Å². The zero-order valence-corrected chi connectivity index (χ0v) is 19.2. The second kappa shape index (κ2) is 9.11. The third kappa shape index (κ3) is 4.32. The monoisotopic (exact) mass is 462 g/mol. The molecule has 0 saturated carbocycles. The minimum Gasteiger partial charge on any atom is -0.382 e. The van der Waals surface area contributed by atoms with Gasteiger partial charge in [-0.1, -0.05) is 36.1 Å². The second-order valence-electron chi connectivity index (χ2n) is 7.95. The number of hydrogen-bond donors (Lipinski definition) is 2. The molecule has 0 spiro atoms. The first-order valence-corrected chi connectivity index (χ1v) is 11.0. The van der Waals surface area contributed by atoms with Crippen molar-refractivity contribution >= 4 is 22.8 Å². The van der Waals surface area contributed by atoms with E-state index in [1.54, 1.807) is 10.9 Å². The zero-order chi connectivity index (χ0) is 24.4. The average molecular weight is 463 g/mol. The summed E-state index contributed by atoms with van der Waals surface area (Å²) in [5.41, 5.74) is 10.1. The highest BCUT2D eigenvalue weighted by Crippen LogP contribution is 2.28. The van der Waals surface area contributed by atoms with Crippen molar-refractivity contribution in [3.8, 4) is 17.5 Å². The molecule has 0 aliphatic carbocycles. The molecule has 0 saturated heterocycles. The maximum absolute atomic E-state index is 12.9. The van der Waals surface area contributed by atoms with Crippen LogP contribution in [0.15, 0.2) is 73.3 Å². The predicted molar refractivity (Wildman–Crippen MR) is 133 cm³/mol. The SMILES string of the molecule is C[C@H](NC(=O)c1nccnc1N)c1nc2cccc(C#Cc3cnn(C)c3)c2n1-c1ccccc1. The smallest absolute Gasteiger partial charge is 0.274 e. The quantitative estimate of drug-likeness (QED) is 0.397. The highest BCUT2D eigenvalue weighted by atomic mass is 16.2. The van der Waals surface area contributed by atoms with Crippen LogP contribution in [0.5, 0.6) is 0 Å². The molecule has 0 fully saturated rings. The number of anilines is 1. The molecule has 0 radical (unpaired) electrons. The summed E-state index contributed by atoms with van der Waals surface area (Å²) in [6.45, 7) is 1.87. The number of nitrogens with one attached hydrogen (secondary N) is 1. The normalized spacial score (nSPS) is 11.6. The predicted octanol–water partition coefficient (Wildman–Crippen LogP) is 3.02. The molecule has 172 valence electrons. The minimum absolute atomic E-state index is 0.0710. The highest BCUT2D eigenvalue weighted by molar-refractivity contribution is 5.96. The maximum Gasteiger partial charge on any atom is 0.274 e. The van der Waals surface area contributed by atoms with E-state index < -0.39 is 11.9 Å². The summed E-state index contributed by atoms with van der Waals surface area (Å²) >= 11 is 0. The Bertz CT molecular complexity index is 1590. The molecule has 0 unspecified atom stereocenters. The standard InChI is InChI=1S/C26H22N8O/c1-17(31-26(35)22-24(27)29-14-13-28-22)25-32-21-10-6-7-19(12-11-18-15-30-33(2)16-18)23(21)34(25)20-8-4-3-5-9-20/h3-10,13-17H,1-2H3,(H2,27,29)(H,31,35)/t17-/m0/s1. The first kappa shape index (κ1) is 21.9.